The fourth-order valence-corrected chi connectivity index (χ4v) is 1.40. The van der Waals surface area contributed by atoms with Gasteiger partial charge < -0.3 is 14.9 Å². The van der Waals surface area contributed by atoms with E-state index in [0.29, 0.717) is 0 Å². The van der Waals surface area contributed by atoms with Crippen LogP contribution in [0.25, 0.3) is 0 Å². The molecule has 0 aliphatic rings. The molecule has 0 aromatic carbocycles. The summed E-state index contributed by atoms with van der Waals surface area (Å²) in [6, 6.07) is 0. The summed E-state index contributed by atoms with van der Waals surface area (Å²) in [4.78, 5) is 22.2. The van der Waals surface area contributed by atoms with Crippen LogP contribution in [0.4, 0.5) is 0 Å². The summed E-state index contributed by atoms with van der Waals surface area (Å²) >= 11 is 0. The van der Waals surface area contributed by atoms with E-state index in [0.717, 1.165) is 0 Å². The molecule has 5 heteroatoms. The van der Waals surface area contributed by atoms with Crippen molar-refractivity contribution in [3.63, 3.8) is 0 Å². The summed E-state index contributed by atoms with van der Waals surface area (Å²) in [6.45, 7) is 10.2. The third kappa shape index (κ3) is 4.73. The predicted octanol–water partition coefficient (Wildman–Crippen LogP) is 2.00. The van der Waals surface area contributed by atoms with E-state index >= 15 is 0 Å². The Morgan fingerprint density at radius 3 is 1.18 bits per heavy atom. The van der Waals surface area contributed by atoms with Crippen LogP contribution in [0.1, 0.15) is 41.5 Å². The Morgan fingerprint density at radius 1 is 0.824 bits per heavy atom. The zero-order chi connectivity index (χ0) is 14.0. The number of hydrogen-bond donors (Lipinski definition) is 2. The molecule has 0 spiro atoms. The Morgan fingerprint density at radius 2 is 1.06 bits per heavy atom. The molecule has 0 saturated carbocycles. The standard InChI is InChI=1S/C12H22O5/c1-11(2,3)7(9(13)14)17-8(10(15)16)12(4,5)6/h7-8H,1-6H3,(H,13,14)(H,15,16). The average Bonchev–Trinajstić information content (AvgIpc) is 1.96. The zero-order valence-electron chi connectivity index (χ0n) is 11.3. The summed E-state index contributed by atoms with van der Waals surface area (Å²) in [6.07, 6.45) is -2.30. The molecule has 0 aromatic heterocycles. The number of carboxylic acids is 2. The lowest BCUT2D eigenvalue weighted by Crippen LogP contribution is -2.46. The molecule has 0 aliphatic heterocycles. The summed E-state index contributed by atoms with van der Waals surface area (Å²) in [5.74, 6) is -2.29. The smallest absolute Gasteiger partial charge is 0.333 e. The molecule has 0 saturated heterocycles. The minimum Gasteiger partial charge on any atom is -0.479 e. The lowest BCUT2D eigenvalue weighted by atomic mass is 9.86. The van der Waals surface area contributed by atoms with Crippen LogP contribution in [-0.2, 0) is 14.3 Å². The minimum atomic E-state index is -1.15. The van der Waals surface area contributed by atoms with E-state index in [-0.39, 0.29) is 0 Å². The average molecular weight is 246 g/mol. The molecule has 0 aliphatic carbocycles. The highest BCUT2D eigenvalue weighted by Crippen LogP contribution is 2.29. The highest BCUT2D eigenvalue weighted by molar-refractivity contribution is 5.76. The molecule has 2 unspecified atom stereocenters. The molecule has 2 N–H and O–H groups in total. The second kappa shape index (κ2) is 5.04. The monoisotopic (exact) mass is 246 g/mol. The van der Waals surface area contributed by atoms with E-state index in [1.807, 2.05) is 0 Å². The molecule has 0 aromatic rings. The van der Waals surface area contributed by atoms with Crippen molar-refractivity contribution in [3.05, 3.63) is 0 Å². The van der Waals surface area contributed by atoms with Gasteiger partial charge in [0.2, 0.25) is 0 Å². The Hall–Kier alpha value is -1.10. The van der Waals surface area contributed by atoms with E-state index in [1.54, 1.807) is 41.5 Å². The van der Waals surface area contributed by atoms with E-state index in [9.17, 15) is 9.59 Å². The third-order valence-electron chi connectivity index (χ3n) is 2.29. The molecule has 0 radical (unpaired) electrons. The van der Waals surface area contributed by atoms with Crippen molar-refractivity contribution in [1.29, 1.82) is 0 Å². The molecule has 0 bridgehead atoms. The largest absolute Gasteiger partial charge is 0.479 e. The fraction of sp³-hybridized carbons (Fsp3) is 0.833. The van der Waals surface area contributed by atoms with E-state index < -0.39 is 35.0 Å². The number of carbonyl (C=O) groups is 2. The maximum atomic E-state index is 11.1. The maximum Gasteiger partial charge on any atom is 0.333 e. The first-order chi connectivity index (χ1) is 7.37. The number of carboxylic acid groups (broad SMARTS) is 2. The van der Waals surface area contributed by atoms with Gasteiger partial charge in [-0.25, -0.2) is 9.59 Å². The topological polar surface area (TPSA) is 83.8 Å². The van der Waals surface area contributed by atoms with Crippen LogP contribution in [0.3, 0.4) is 0 Å². The quantitative estimate of drug-likeness (QED) is 0.792. The summed E-state index contributed by atoms with van der Waals surface area (Å²) in [5.41, 5.74) is -1.32. The Kier molecular flexibility index (Phi) is 4.71. The molecular weight excluding hydrogens is 224 g/mol. The van der Waals surface area contributed by atoms with E-state index in [4.69, 9.17) is 14.9 Å². The van der Waals surface area contributed by atoms with Crippen LogP contribution in [0.5, 0.6) is 0 Å². The van der Waals surface area contributed by atoms with Crippen molar-refractivity contribution in [2.75, 3.05) is 0 Å². The van der Waals surface area contributed by atoms with Gasteiger partial charge in [-0.15, -0.1) is 0 Å². The van der Waals surface area contributed by atoms with Gasteiger partial charge >= 0.3 is 11.9 Å². The second-order valence-corrected chi connectivity index (χ2v) is 6.30. The van der Waals surface area contributed by atoms with Gasteiger partial charge in [0, 0.05) is 0 Å². The van der Waals surface area contributed by atoms with Gasteiger partial charge in [-0.3, -0.25) is 0 Å². The number of aliphatic carboxylic acids is 2. The predicted molar refractivity (Wildman–Crippen MR) is 62.8 cm³/mol. The van der Waals surface area contributed by atoms with Gasteiger partial charge in [-0.1, -0.05) is 41.5 Å². The summed E-state index contributed by atoms with van der Waals surface area (Å²) in [5, 5.41) is 18.2. The fourth-order valence-electron chi connectivity index (χ4n) is 1.40. The Labute approximate surface area is 102 Å². The van der Waals surface area contributed by atoms with Crippen molar-refractivity contribution in [3.8, 4) is 0 Å². The van der Waals surface area contributed by atoms with Crippen molar-refractivity contribution in [2.24, 2.45) is 10.8 Å². The zero-order valence-corrected chi connectivity index (χ0v) is 11.3. The second-order valence-electron chi connectivity index (χ2n) is 6.30. The molecular formula is C12H22O5. The summed E-state index contributed by atoms with van der Waals surface area (Å²) in [7, 11) is 0. The molecule has 2 atom stereocenters. The van der Waals surface area contributed by atoms with Crippen LogP contribution in [0.15, 0.2) is 0 Å². The van der Waals surface area contributed by atoms with Gasteiger partial charge in [0.25, 0.3) is 0 Å². The van der Waals surface area contributed by atoms with Crippen molar-refractivity contribution in [2.45, 2.75) is 53.8 Å². The molecule has 5 nitrogen and oxygen atoms in total. The van der Waals surface area contributed by atoms with E-state index in [2.05, 4.69) is 0 Å². The minimum absolute atomic E-state index is 0.662. The lowest BCUT2D eigenvalue weighted by molar-refractivity contribution is -0.183. The Bertz CT molecular complexity index is 265. The third-order valence-corrected chi connectivity index (χ3v) is 2.29. The van der Waals surface area contributed by atoms with Crippen molar-refractivity contribution < 1.29 is 24.5 Å². The molecule has 0 heterocycles. The van der Waals surface area contributed by atoms with Crippen LogP contribution in [0, 0.1) is 10.8 Å². The van der Waals surface area contributed by atoms with Crippen molar-refractivity contribution >= 4 is 11.9 Å². The number of ether oxygens (including phenoxy) is 1. The van der Waals surface area contributed by atoms with Gasteiger partial charge in [0.1, 0.15) is 0 Å². The van der Waals surface area contributed by atoms with E-state index in [1.165, 1.54) is 0 Å². The highest BCUT2D eigenvalue weighted by Gasteiger charge is 2.41. The molecule has 17 heavy (non-hydrogen) atoms. The molecule has 100 valence electrons. The van der Waals surface area contributed by atoms with Crippen LogP contribution >= 0.6 is 0 Å². The van der Waals surface area contributed by atoms with Gasteiger partial charge in [0.15, 0.2) is 12.2 Å². The van der Waals surface area contributed by atoms with Crippen LogP contribution in [-0.4, -0.2) is 34.4 Å². The SMILES string of the molecule is CC(C)(C)C(OC(C(=O)O)C(C)(C)C)C(=O)O. The first-order valence-corrected chi connectivity index (χ1v) is 5.48. The first-order valence-electron chi connectivity index (χ1n) is 5.48. The maximum absolute atomic E-state index is 11.1. The molecule has 0 rings (SSSR count). The number of rotatable bonds is 4. The first kappa shape index (κ1) is 15.9. The normalized spacial score (nSPS) is 16.4. The molecule has 0 fully saturated rings. The van der Waals surface area contributed by atoms with Gasteiger partial charge in [-0.05, 0) is 10.8 Å². The van der Waals surface area contributed by atoms with Gasteiger partial charge in [0.05, 0.1) is 0 Å². The van der Waals surface area contributed by atoms with Crippen molar-refractivity contribution in [1.82, 2.24) is 0 Å². The van der Waals surface area contributed by atoms with Crippen LogP contribution in [0.2, 0.25) is 0 Å². The molecule has 0 amide bonds. The Balaban J connectivity index is 5.09. The highest BCUT2D eigenvalue weighted by atomic mass is 16.5. The summed E-state index contributed by atoms with van der Waals surface area (Å²) < 4.78 is 5.30. The lowest BCUT2D eigenvalue weighted by Gasteiger charge is -2.34. The number of hydrogen-bond acceptors (Lipinski definition) is 3. The van der Waals surface area contributed by atoms with Crippen LogP contribution < -0.4 is 0 Å². The van der Waals surface area contributed by atoms with Gasteiger partial charge in [-0.2, -0.15) is 0 Å².